The molecule has 2 N–H and O–H groups in total. The van der Waals surface area contributed by atoms with Crippen LogP contribution in [0.2, 0.25) is 0 Å². The van der Waals surface area contributed by atoms with E-state index in [0.717, 1.165) is 29.4 Å². The van der Waals surface area contributed by atoms with Crippen LogP contribution in [-0.2, 0) is 0 Å². The van der Waals surface area contributed by atoms with E-state index >= 15 is 0 Å². The molecule has 1 atom stereocenters. The van der Waals surface area contributed by atoms with Crippen molar-refractivity contribution in [2.45, 2.75) is 33.2 Å². The third-order valence-corrected chi connectivity index (χ3v) is 3.70. The second kappa shape index (κ2) is 6.10. The molecule has 0 fully saturated rings. The number of hydrogen-bond donors (Lipinski definition) is 1. The average molecular weight is 254 g/mol. The zero-order chi connectivity index (χ0) is 13.0. The van der Waals surface area contributed by atoms with E-state index in [9.17, 15) is 0 Å². The van der Waals surface area contributed by atoms with E-state index in [1.807, 2.05) is 25.6 Å². The van der Waals surface area contributed by atoms with Crippen molar-refractivity contribution < 1.29 is 0 Å². The first kappa shape index (κ1) is 14.1. The second-order valence-corrected chi connectivity index (χ2v) is 5.14. The van der Waals surface area contributed by atoms with E-state index in [0.29, 0.717) is 11.9 Å². The minimum atomic E-state index is 0.484. The molecule has 0 saturated carbocycles. The number of aromatic nitrogens is 2. The molecule has 0 radical (unpaired) electrons. The molecule has 17 heavy (non-hydrogen) atoms. The second-order valence-electron chi connectivity index (χ2n) is 4.23. The highest BCUT2D eigenvalue weighted by Gasteiger charge is 2.17. The minimum Gasteiger partial charge on any atom is -0.383 e. The molecule has 1 aromatic heterocycles. The molecule has 0 aromatic carbocycles. The van der Waals surface area contributed by atoms with Crippen molar-refractivity contribution in [1.29, 1.82) is 0 Å². The zero-order valence-electron chi connectivity index (χ0n) is 11.3. The topological polar surface area (TPSA) is 55.0 Å². The van der Waals surface area contributed by atoms with Crippen LogP contribution in [0.5, 0.6) is 0 Å². The normalized spacial score (nSPS) is 12.5. The number of rotatable bonds is 5. The van der Waals surface area contributed by atoms with Gasteiger partial charge in [-0.15, -0.1) is 0 Å². The van der Waals surface area contributed by atoms with Crippen LogP contribution in [0.4, 0.5) is 11.6 Å². The predicted molar refractivity (Wildman–Crippen MR) is 76.8 cm³/mol. The van der Waals surface area contributed by atoms with Gasteiger partial charge in [0.25, 0.3) is 0 Å². The Bertz CT molecular complexity index is 381. The molecule has 0 saturated heterocycles. The average Bonchev–Trinajstić information content (AvgIpc) is 2.29. The monoisotopic (exact) mass is 254 g/mol. The first-order chi connectivity index (χ1) is 8.01. The number of nitrogens with two attached hydrogens (primary N) is 1. The summed E-state index contributed by atoms with van der Waals surface area (Å²) in [6, 6.07) is 0.484. The lowest BCUT2D eigenvalue weighted by molar-refractivity contribution is 0.662. The molecule has 96 valence electrons. The lowest BCUT2D eigenvalue weighted by Gasteiger charge is -2.29. The van der Waals surface area contributed by atoms with Crippen LogP contribution in [-0.4, -0.2) is 35.1 Å². The van der Waals surface area contributed by atoms with E-state index in [2.05, 4.69) is 35.1 Å². The van der Waals surface area contributed by atoms with Gasteiger partial charge >= 0.3 is 0 Å². The first-order valence-corrected chi connectivity index (χ1v) is 7.23. The van der Waals surface area contributed by atoms with Gasteiger partial charge in [-0.1, -0.05) is 6.92 Å². The Morgan fingerprint density at radius 3 is 2.53 bits per heavy atom. The van der Waals surface area contributed by atoms with E-state index in [1.165, 1.54) is 0 Å². The van der Waals surface area contributed by atoms with Gasteiger partial charge in [0.15, 0.2) is 0 Å². The smallest absolute Gasteiger partial charge is 0.137 e. The largest absolute Gasteiger partial charge is 0.383 e. The van der Waals surface area contributed by atoms with Gasteiger partial charge in [-0.2, -0.15) is 11.8 Å². The van der Waals surface area contributed by atoms with E-state index < -0.39 is 0 Å². The maximum absolute atomic E-state index is 5.89. The van der Waals surface area contributed by atoms with Gasteiger partial charge in [0, 0.05) is 24.4 Å². The number of anilines is 2. The van der Waals surface area contributed by atoms with Crippen LogP contribution < -0.4 is 10.6 Å². The van der Waals surface area contributed by atoms with Crippen LogP contribution in [0.1, 0.15) is 24.7 Å². The van der Waals surface area contributed by atoms with Crippen molar-refractivity contribution in [2.24, 2.45) is 0 Å². The third-order valence-electron chi connectivity index (χ3n) is 2.98. The van der Waals surface area contributed by atoms with Crippen molar-refractivity contribution in [3.63, 3.8) is 0 Å². The molecule has 1 heterocycles. The Balaban J connectivity index is 3.05. The molecule has 0 bridgehead atoms. The molecule has 0 aliphatic rings. The van der Waals surface area contributed by atoms with Crippen LogP contribution in [0.25, 0.3) is 0 Å². The van der Waals surface area contributed by atoms with Crippen LogP contribution in [0.15, 0.2) is 0 Å². The maximum atomic E-state index is 5.89. The highest BCUT2D eigenvalue weighted by molar-refractivity contribution is 7.98. The minimum absolute atomic E-state index is 0.484. The Kier molecular flexibility index (Phi) is 5.05. The van der Waals surface area contributed by atoms with Gasteiger partial charge in [-0.25, -0.2) is 9.97 Å². The number of nitrogen functional groups attached to an aromatic ring is 1. The van der Waals surface area contributed by atoms with Crippen molar-refractivity contribution in [2.75, 3.05) is 29.7 Å². The van der Waals surface area contributed by atoms with Crippen molar-refractivity contribution >= 4 is 23.4 Å². The van der Waals surface area contributed by atoms with Crippen molar-refractivity contribution in [3.05, 3.63) is 11.4 Å². The SMILES string of the molecule is CCC(CSC)N(C)c1nc(C)nc(N)c1C. The summed E-state index contributed by atoms with van der Waals surface area (Å²) < 4.78 is 0. The molecular formula is C12H22N4S. The van der Waals surface area contributed by atoms with Gasteiger partial charge in [-0.3, -0.25) is 0 Å². The maximum Gasteiger partial charge on any atom is 0.137 e. The zero-order valence-corrected chi connectivity index (χ0v) is 12.1. The van der Waals surface area contributed by atoms with E-state index in [-0.39, 0.29) is 0 Å². The molecular weight excluding hydrogens is 232 g/mol. The van der Waals surface area contributed by atoms with Gasteiger partial charge in [0.2, 0.25) is 0 Å². The Morgan fingerprint density at radius 2 is 2.00 bits per heavy atom. The summed E-state index contributed by atoms with van der Waals surface area (Å²) in [7, 11) is 2.08. The molecule has 1 aromatic rings. The van der Waals surface area contributed by atoms with Gasteiger partial charge in [-0.05, 0) is 26.5 Å². The third kappa shape index (κ3) is 3.25. The molecule has 1 unspecified atom stereocenters. The standard InChI is InChI=1S/C12H22N4S/c1-6-10(7-17-5)16(4)12-8(2)11(13)14-9(3)15-12/h10H,6-7H2,1-5H3,(H2,13,14,15). The molecule has 0 spiro atoms. The lowest BCUT2D eigenvalue weighted by atomic mass is 10.2. The van der Waals surface area contributed by atoms with Crippen LogP contribution in [0, 0.1) is 13.8 Å². The Labute approximate surface area is 108 Å². The van der Waals surface area contributed by atoms with Crippen molar-refractivity contribution in [1.82, 2.24) is 9.97 Å². The van der Waals surface area contributed by atoms with Gasteiger partial charge in [0.05, 0.1) is 0 Å². The fourth-order valence-electron chi connectivity index (χ4n) is 1.85. The quantitative estimate of drug-likeness (QED) is 0.873. The van der Waals surface area contributed by atoms with Crippen molar-refractivity contribution in [3.8, 4) is 0 Å². The summed E-state index contributed by atoms with van der Waals surface area (Å²) in [5.41, 5.74) is 6.86. The number of aryl methyl sites for hydroxylation is 1. The Hall–Kier alpha value is -0.970. The number of thioether (sulfide) groups is 1. The molecule has 0 aliphatic carbocycles. The van der Waals surface area contributed by atoms with Crippen LogP contribution >= 0.6 is 11.8 Å². The summed E-state index contributed by atoms with van der Waals surface area (Å²) in [5.74, 6) is 3.36. The summed E-state index contributed by atoms with van der Waals surface area (Å²) in [6.45, 7) is 6.05. The predicted octanol–water partition coefficient (Wildman–Crippen LogP) is 2.25. The number of hydrogen-bond acceptors (Lipinski definition) is 5. The van der Waals surface area contributed by atoms with Crippen LogP contribution in [0.3, 0.4) is 0 Å². The highest BCUT2D eigenvalue weighted by atomic mass is 32.2. The van der Waals surface area contributed by atoms with E-state index in [4.69, 9.17) is 5.73 Å². The molecule has 0 amide bonds. The lowest BCUT2D eigenvalue weighted by Crippen LogP contribution is -2.34. The molecule has 1 rings (SSSR count). The molecule has 4 nitrogen and oxygen atoms in total. The fraction of sp³-hybridized carbons (Fsp3) is 0.667. The molecule has 0 aliphatic heterocycles. The van der Waals surface area contributed by atoms with Gasteiger partial charge in [0.1, 0.15) is 17.5 Å². The highest BCUT2D eigenvalue weighted by Crippen LogP contribution is 2.23. The first-order valence-electron chi connectivity index (χ1n) is 5.83. The van der Waals surface area contributed by atoms with Gasteiger partial charge < -0.3 is 10.6 Å². The fourth-order valence-corrected chi connectivity index (χ4v) is 2.69. The summed E-state index contributed by atoms with van der Waals surface area (Å²) in [6.07, 6.45) is 3.22. The molecule has 5 heteroatoms. The number of nitrogens with zero attached hydrogens (tertiary/aromatic N) is 3. The van der Waals surface area contributed by atoms with E-state index in [1.54, 1.807) is 0 Å². The summed E-state index contributed by atoms with van der Waals surface area (Å²) in [5, 5.41) is 0. The summed E-state index contributed by atoms with van der Waals surface area (Å²) >= 11 is 1.86. The summed E-state index contributed by atoms with van der Waals surface area (Å²) in [4.78, 5) is 10.9. The Morgan fingerprint density at radius 1 is 1.35 bits per heavy atom.